The summed E-state index contributed by atoms with van der Waals surface area (Å²) in [5.41, 5.74) is 0. The van der Waals surface area contributed by atoms with E-state index >= 15 is 0 Å². The molecule has 1 saturated heterocycles. The molecule has 1 aromatic rings. The molecule has 1 saturated carbocycles. The van der Waals surface area contributed by atoms with Gasteiger partial charge in [0.15, 0.2) is 5.82 Å². The zero-order valence-electron chi connectivity index (χ0n) is 12.0. The van der Waals surface area contributed by atoms with Crippen molar-refractivity contribution >= 4 is 5.91 Å². The van der Waals surface area contributed by atoms with E-state index in [1.165, 1.54) is 0 Å². The fourth-order valence-corrected chi connectivity index (χ4v) is 2.49. The maximum Gasteiger partial charge on any atom is 0.240 e. The molecule has 0 radical (unpaired) electrons. The average molecular weight is 279 g/mol. The lowest BCUT2D eigenvalue weighted by Gasteiger charge is -2.35. The van der Waals surface area contributed by atoms with Crippen LogP contribution in [0.15, 0.2) is 4.52 Å². The molecular formula is C13H21N5O2. The molecule has 1 aromatic heterocycles. The molecule has 0 spiro atoms. The fourth-order valence-electron chi connectivity index (χ4n) is 2.49. The van der Waals surface area contributed by atoms with Crippen molar-refractivity contribution in [2.45, 2.75) is 31.3 Å². The molecule has 0 aromatic carbocycles. The monoisotopic (exact) mass is 279 g/mol. The van der Waals surface area contributed by atoms with Gasteiger partial charge in [-0.15, -0.1) is 0 Å². The van der Waals surface area contributed by atoms with Gasteiger partial charge >= 0.3 is 0 Å². The van der Waals surface area contributed by atoms with Crippen molar-refractivity contribution in [2.24, 2.45) is 0 Å². The summed E-state index contributed by atoms with van der Waals surface area (Å²) in [6.07, 6.45) is 2.30. The predicted octanol–water partition coefficient (Wildman–Crippen LogP) is -0.191. The third-order valence-corrected chi connectivity index (χ3v) is 3.83. The molecule has 2 fully saturated rings. The SMILES string of the molecule is CN(C)C(=O)C1CNCCN1Cc1noc(C2CC2)n1. The zero-order valence-corrected chi connectivity index (χ0v) is 12.0. The van der Waals surface area contributed by atoms with Crippen LogP contribution in [0.1, 0.15) is 30.5 Å². The maximum absolute atomic E-state index is 12.2. The lowest BCUT2D eigenvalue weighted by atomic mass is 10.1. The Labute approximate surface area is 118 Å². The average Bonchev–Trinajstić information content (AvgIpc) is 3.19. The van der Waals surface area contributed by atoms with Crippen LogP contribution >= 0.6 is 0 Å². The summed E-state index contributed by atoms with van der Waals surface area (Å²) in [6, 6.07) is -0.151. The lowest BCUT2D eigenvalue weighted by Crippen LogP contribution is -2.57. The van der Waals surface area contributed by atoms with E-state index in [-0.39, 0.29) is 11.9 Å². The third-order valence-electron chi connectivity index (χ3n) is 3.83. The number of piperazine rings is 1. The van der Waals surface area contributed by atoms with E-state index in [1.807, 2.05) is 0 Å². The van der Waals surface area contributed by atoms with Crippen LogP contribution in [-0.4, -0.2) is 65.6 Å². The van der Waals surface area contributed by atoms with Gasteiger partial charge in [0.1, 0.15) is 6.04 Å². The Hall–Kier alpha value is -1.47. The van der Waals surface area contributed by atoms with Crippen LogP contribution < -0.4 is 5.32 Å². The van der Waals surface area contributed by atoms with E-state index < -0.39 is 0 Å². The van der Waals surface area contributed by atoms with Gasteiger partial charge in [-0.1, -0.05) is 5.16 Å². The van der Waals surface area contributed by atoms with E-state index in [4.69, 9.17) is 4.52 Å². The molecule has 1 unspecified atom stereocenters. The Kier molecular flexibility index (Phi) is 3.71. The minimum absolute atomic E-state index is 0.114. The Morgan fingerprint density at radius 1 is 1.50 bits per heavy atom. The third kappa shape index (κ3) is 2.83. The smallest absolute Gasteiger partial charge is 0.240 e. The second-order valence-electron chi connectivity index (χ2n) is 5.75. The van der Waals surface area contributed by atoms with Crippen LogP contribution in [0, 0.1) is 0 Å². The highest BCUT2D eigenvalue weighted by molar-refractivity contribution is 5.81. The molecule has 0 bridgehead atoms. The molecular weight excluding hydrogens is 258 g/mol. The van der Waals surface area contributed by atoms with Gasteiger partial charge in [0.05, 0.1) is 6.54 Å². The number of amides is 1. The lowest BCUT2D eigenvalue weighted by molar-refractivity contribution is -0.135. The van der Waals surface area contributed by atoms with Crippen molar-refractivity contribution in [3.05, 3.63) is 11.7 Å². The number of carbonyl (C=O) groups is 1. The summed E-state index contributed by atoms with van der Waals surface area (Å²) >= 11 is 0. The number of hydrogen-bond acceptors (Lipinski definition) is 6. The standard InChI is InChI=1S/C13H21N5O2/c1-17(2)13(19)10-7-14-5-6-18(10)8-11-15-12(20-16-11)9-3-4-9/h9-10,14H,3-8H2,1-2H3. The molecule has 7 heteroatoms. The highest BCUT2D eigenvalue weighted by Crippen LogP contribution is 2.38. The van der Waals surface area contributed by atoms with Crippen molar-refractivity contribution in [1.82, 2.24) is 25.3 Å². The van der Waals surface area contributed by atoms with Gasteiger partial charge in [0, 0.05) is 39.6 Å². The number of nitrogens with one attached hydrogen (secondary N) is 1. The van der Waals surface area contributed by atoms with Crippen LogP contribution in [0.5, 0.6) is 0 Å². The number of likely N-dealkylation sites (N-methyl/N-ethyl adjacent to an activating group) is 1. The molecule has 110 valence electrons. The van der Waals surface area contributed by atoms with Crippen molar-refractivity contribution in [1.29, 1.82) is 0 Å². The number of rotatable bonds is 4. The molecule has 1 atom stereocenters. The van der Waals surface area contributed by atoms with Crippen LogP contribution in [-0.2, 0) is 11.3 Å². The summed E-state index contributed by atoms with van der Waals surface area (Å²) in [5.74, 6) is 2.03. The number of hydrogen-bond donors (Lipinski definition) is 1. The highest BCUT2D eigenvalue weighted by Gasteiger charge is 2.32. The highest BCUT2D eigenvalue weighted by atomic mass is 16.5. The Morgan fingerprint density at radius 3 is 3.00 bits per heavy atom. The normalized spacial score (nSPS) is 23.8. The summed E-state index contributed by atoms with van der Waals surface area (Å²) in [7, 11) is 3.57. The minimum Gasteiger partial charge on any atom is -0.347 e. The number of nitrogens with zero attached hydrogens (tertiary/aromatic N) is 4. The molecule has 1 aliphatic heterocycles. The topological polar surface area (TPSA) is 74.5 Å². The van der Waals surface area contributed by atoms with Gasteiger partial charge in [-0.3, -0.25) is 9.69 Å². The first-order chi connectivity index (χ1) is 9.65. The van der Waals surface area contributed by atoms with Crippen molar-refractivity contribution in [2.75, 3.05) is 33.7 Å². The van der Waals surface area contributed by atoms with Crippen molar-refractivity contribution < 1.29 is 9.32 Å². The summed E-state index contributed by atoms with van der Waals surface area (Å²) < 4.78 is 5.27. The Balaban J connectivity index is 1.67. The molecule has 1 N–H and O–H groups in total. The van der Waals surface area contributed by atoms with Gasteiger partial charge in [-0.05, 0) is 12.8 Å². The van der Waals surface area contributed by atoms with E-state index in [9.17, 15) is 4.79 Å². The molecule has 1 aliphatic carbocycles. The van der Waals surface area contributed by atoms with E-state index in [0.29, 0.717) is 24.8 Å². The first-order valence-electron chi connectivity index (χ1n) is 7.13. The summed E-state index contributed by atoms with van der Waals surface area (Å²) in [5, 5.41) is 7.30. The second kappa shape index (κ2) is 5.49. The van der Waals surface area contributed by atoms with E-state index in [0.717, 1.165) is 31.8 Å². The maximum atomic E-state index is 12.2. The van der Waals surface area contributed by atoms with Crippen LogP contribution in [0.4, 0.5) is 0 Å². The molecule has 20 heavy (non-hydrogen) atoms. The van der Waals surface area contributed by atoms with Gasteiger partial charge in [0.25, 0.3) is 0 Å². The van der Waals surface area contributed by atoms with Gasteiger partial charge in [0.2, 0.25) is 11.8 Å². The molecule has 3 rings (SSSR count). The first kappa shape index (κ1) is 13.5. The first-order valence-corrected chi connectivity index (χ1v) is 7.13. The van der Waals surface area contributed by atoms with Gasteiger partial charge in [-0.25, -0.2) is 0 Å². The fraction of sp³-hybridized carbons (Fsp3) is 0.769. The van der Waals surface area contributed by atoms with Crippen LogP contribution in [0.3, 0.4) is 0 Å². The second-order valence-corrected chi connectivity index (χ2v) is 5.75. The van der Waals surface area contributed by atoms with E-state index in [2.05, 4.69) is 20.4 Å². The van der Waals surface area contributed by atoms with Gasteiger partial charge < -0.3 is 14.7 Å². The summed E-state index contributed by atoms with van der Waals surface area (Å²) in [6.45, 7) is 2.94. The Bertz CT molecular complexity index is 483. The van der Waals surface area contributed by atoms with Crippen LogP contribution in [0.2, 0.25) is 0 Å². The van der Waals surface area contributed by atoms with Gasteiger partial charge in [-0.2, -0.15) is 4.98 Å². The summed E-state index contributed by atoms with van der Waals surface area (Å²) in [4.78, 5) is 20.4. The number of carbonyl (C=O) groups excluding carboxylic acids is 1. The molecule has 7 nitrogen and oxygen atoms in total. The molecule has 2 heterocycles. The number of aromatic nitrogens is 2. The molecule has 1 amide bonds. The van der Waals surface area contributed by atoms with Crippen molar-refractivity contribution in [3.63, 3.8) is 0 Å². The quantitative estimate of drug-likeness (QED) is 0.823. The van der Waals surface area contributed by atoms with Crippen molar-refractivity contribution in [3.8, 4) is 0 Å². The minimum atomic E-state index is -0.151. The predicted molar refractivity (Wildman–Crippen MR) is 72.0 cm³/mol. The van der Waals surface area contributed by atoms with E-state index in [1.54, 1.807) is 19.0 Å². The zero-order chi connectivity index (χ0) is 14.1. The Morgan fingerprint density at radius 2 is 2.30 bits per heavy atom. The molecule has 2 aliphatic rings. The van der Waals surface area contributed by atoms with Crippen LogP contribution in [0.25, 0.3) is 0 Å². The largest absolute Gasteiger partial charge is 0.347 e.